The predicted octanol–water partition coefficient (Wildman–Crippen LogP) is 6.54. The van der Waals surface area contributed by atoms with Crippen LogP contribution in [0.15, 0.2) is 90.6 Å². The van der Waals surface area contributed by atoms with Crippen molar-refractivity contribution in [3.63, 3.8) is 0 Å². The summed E-state index contributed by atoms with van der Waals surface area (Å²) in [7, 11) is -4.61. The van der Waals surface area contributed by atoms with Gasteiger partial charge in [-0.2, -0.15) is 0 Å². The minimum Gasteiger partial charge on any atom is -0.0843 e. The van der Waals surface area contributed by atoms with Gasteiger partial charge < -0.3 is 9.47 Å². The van der Waals surface area contributed by atoms with E-state index in [4.69, 9.17) is 25.8 Å². The standard InChI is InChI=1S/C44H51ClN6O8S.FH.In/c1-4-5-21-59-42-23-34(49-18-16-48(17-19-49)27-32-14-15-44(2,3)25-39(32)31-6-8-33(45)9-7-31)10-12-38(42)43(52)47-60(55,56)37-11-13-40(41(24-37)51(53)54)46-26-36-28-50(20-22-58-36)35-29-57-30-35;;/h1,4-13,23-24,35-36,46H,14-20,22,25-30H2,2-3H3,(H,47,52);1H;/q;;+1/p-1. The first-order valence-corrected chi connectivity index (χ1v) is 27.7. The topological polar surface area (TPSA) is 156 Å². The number of anilines is 2. The minimum absolute atomic E-state index is 0.0216. The Kier molecular flexibility index (Phi) is 13.7. The van der Waals surface area contributed by atoms with Gasteiger partial charge in [0.05, 0.1) is 32.0 Å². The number of hydrogen-bond acceptors (Lipinski definition) is 12. The zero-order chi connectivity index (χ0) is 43.6. The Balaban J connectivity index is 0.950. The molecule has 18 heteroatoms. The molecule has 3 saturated heterocycles. The van der Waals surface area contributed by atoms with Crippen molar-refractivity contribution in [3.05, 3.63) is 112 Å². The zero-order valence-electron chi connectivity index (χ0n) is 34.9. The Labute approximate surface area is 375 Å². The number of benzene rings is 3. The number of hydrogen-bond donors (Lipinski definition) is 2. The number of carbonyl (C=O) groups is 1. The van der Waals surface area contributed by atoms with Crippen molar-refractivity contribution >= 4 is 72.2 Å². The Morgan fingerprint density at radius 2 is 1.84 bits per heavy atom. The number of sulfonamides is 1. The van der Waals surface area contributed by atoms with Crippen molar-refractivity contribution in [2.24, 2.45) is 5.41 Å². The Morgan fingerprint density at radius 3 is 2.53 bits per heavy atom. The van der Waals surface area contributed by atoms with E-state index in [-0.39, 0.29) is 38.6 Å². The maximum absolute atomic E-state index is 15.0. The molecule has 3 fully saturated rings. The van der Waals surface area contributed by atoms with Crippen LogP contribution in [-0.2, 0) is 19.5 Å². The molecule has 8 rings (SSSR count). The monoisotopic (exact) mass is 992 g/mol. The molecular weight excluding hydrogens is 942 g/mol. The van der Waals surface area contributed by atoms with Crippen LogP contribution in [0.1, 0.15) is 49.0 Å². The van der Waals surface area contributed by atoms with Crippen molar-refractivity contribution in [1.82, 2.24) is 14.5 Å². The molecule has 0 saturated carbocycles. The summed E-state index contributed by atoms with van der Waals surface area (Å²) < 4.78 is 63.2. The third-order valence-corrected chi connectivity index (χ3v) is 17.9. The molecule has 0 radical (unpaired) electrons. The van der Waals surface area contributed by atoms with Crippen molar-refractivity contribution in [1.29, 1.82) is 0 Å². The molecule has 4 aliphatic heterocycles. The molecule has 3 aromatic carbocycles. The molecule has 328 valence electrons. The first-order chi connectivity index (χ1) is 29.7. The number of amides is 1. The number of ether oxygens (including phenoxy) is 3. The molecule has 2 N–H and O–H groups in total. The fourth-order valence-corrected chi connectivity index (χ4v) is 12.7. The van der Waals surface area contributed by atoms with Crippen molar-refractivity contribution in [2.45, 2.75) is 50.2 Å². The van der Waals surface area contributed by atoms with Crippen molar-refractivity contribution in [3.8, 4) is 5.75 Å². The number of allylic oxidation sites excluding steroid dienone is 3. The molecule has 5 aliphatic rings. The molecule has 0 bridgehead atoms. The Bertz CT molecular complexity index is 2390. The van der Waals surface area contributed by atoms with E-state index >= 15 is 0 Å². The maximum atomic E-state index is 15.0. The smallest absolute Gasteiger partial charge is 0.0843 e. The van der Waals surface area contributed by atoms with Gasteiger partial charge in [-0.1, -0.05) is 37.6 Å². The number of rotatable bonds is 14. The molecule has 1 aliphatic carbocycles. The molecule has 1 atom stereocenters. The first-order valence-electron chi connectivity index (χ1n) is 21.0. The summed E-state index contributed by atoms with van der Waals surface area (Å²) in [5.74, 6) is -0.997. The van der Waals surface area contributed by atoms with Crippen LogP contribution in [-0.4, -0.2) is 135 Å². The summed E-state index contributed by atoms with van der Waals surface area (Å²) in [5.41, 5.74) is 4.54. The molecule has 0 aromatic heterocycles. The van der Waals surface area contributed by atoms with Crippen molar-refractivity contribution < 1.29 is 35.0 Å². The summed E-state index contributed by atoms with van der Waals surface area (Å²) >= 11 is 2.41. The van der Waals surface area contributed by atoms with Crippen LogP contribution < -0.4 is 19.7 Å². The number of nitro groups is 1. The summed E-state index contributed by atoms with van der Waals surface area (Å²) in [6, 6.07) is 16.7. The molecule has 62 heavy (non-hydrogen) atoms. The minimum atomic E-state index is -4.61. The second-order valence-corrected chi connectivity index (χ2v) is 24.4. The number of nitrogens with zero attached hydrogens (tertiary/aromatic N) is 4. The fraction of sp³-hybridized carbons (Fsp3) is 0.432. The SMILES string of the molecule is CC1(C)CCC(CN2CCN(c3ccc(C(=O)NS(=O)(=O)c4ccc(NCC5CN(C6COC6)CCO5)c([N+](=O)[O-])c4)c(O[C]4=CC=[CH][In]4[F])c3)CC2)=C(c2ccc(Cl)cc2)C1. The van der Waals surface area contributed by atoms with E-state index in [2.05, 4.69) is 50.7 Å². The number of piperazine rings is 1. The Hall–Kier alpha value is -3.97. The van der Waals surface area contributed by atoms with Crippen LogP contribution in [0.2, 0.25) is 5.02 Å². The van der Waals surface area contributed by atoms with Gasteiger partial charge in [-0.25, -0.2) is 0 Å². The number of nitrogens with one attached hydrogen (secondary N) is 2. The second kappa shape index (κ2) is 19.0. The van der Waals surface area contributed by atoms with Crippen LogP contribution in [0.4, 0.5) is 19.7 Å². The third kappa shape index (κ3) is 10.5. The first kappa shape index (κ1) is 44.6. The van der Waals surface area contributed by atoms with E-state index in [1.807, 2.05) is 12.1 Å². The Morgan fingerprint density at radius 1 is 1.06 bits per heavy atom. The molecule has 3 aromatic rings. The number of morpholine rings is 1. The van der Waals surface area contributed by atoms with Crippen LogP contribution in [0.5, 0.6) is 5.75 Å². The van der Waals surface area contributed by atoms with Gasteiger partial charge in [-0.05, 0) is 36.0 Å². The van der Waals surface area contributed by atoms with Gasteiger partial charge in [-0.15, -0.1) is 0 Å². The van der Waals surface area contributed by atoms with E-state index in [1.165, 1.54) is 38.7 Å². The molecule has 4 heterocycles. The van der Waals surface area contributed by atoms with Crippen molar-refractivity contribution in [2.75, 3.05) is 82.4 Å². The van der Waals surface area contributed by atoms with Crippen LogP contribution in [0.3, 0.4) is 0 Å². The average Bonchev–Trinajstić information content (AvgIpc) is 3.63. The van der Waals surface area contributed by atoms with Gasteiger partial charge in [0, 0.05) is 24.7 Å². The van der Waals surface area contributed by atoms with Gasteiger partial charge >= 0.3 is 233 Å². The third-order valence-electron chi connectivity index (χ3n) is 12.3. The quantitative estimate of drug-likeness (QED) is 0.133. The summed E-state index contributed by atoms with van der Waals surface area (Å²) in [6.45, 7) is 12.0. The van der Waals surface area contributed by atoms with Gasteiger partial charge in [0.25, 0.3) is 0 Å². The molecular formula is C44H51ClFInN6O8S. The molecule has 14 nitrogen and oxygen atoms in total. The summed E-state index contributed by atoms with van der Waals surface area (Å²) in [6.07, 6.45) is 6.05. The second-order valence-electron chi connectivity index (χ2n) is 17.3. The van der Waals surface area contributed by atoms with E-state index < -0.39 is 53.5 Å². The zero-order valence-corrected chi connectivity index (χ0v) is 39.7. The number of nitro benzene ring substituents is 1. The van der Waals surface area contributed by atoms with Gasteiger partial charge in [0.2, 0.25) is 0 Å². The van der Waals surface area contributed by atoms with Gasteiger partial charge in [-0.3, -0.25) is 4.90 Å². The van der Waals surface area contributed by atoms with E-state index in [0.717, 1.165) is 62.2 Å². The normalized spacial score (nSPS) is 21.1. The van der Waals surface area contributed by atoms with Crippen LogP contribution in [0.25, 0.3) is 5.57 Å². The predicted molar refractivity (Wildman–Crippen MR) is 238 cm³/mol. The van der Waals surface area contributed by atoms with E-state index in [9.17, 15) is 26.0 Å². The van der Waals surface area contributed by atoms with Crippen LogP contribution in [0, 0.1) is 15.5 Å². The van der Waals surface area contributed by atoms with Crippen LogP contribution >= 0.6 is 11.6 Å². The van der Waals surface area contributed by atoms with Gasteiger partial charge in [0.1, 0.15) is 0 Å². The molecule has 0 spiro atoms. The molecule has 1 unspecified atom stereocenters. The fourth-order valence-electron chi connectivity index (χ4n) is 8.60. The van der Waals surface area contributed by atoms with Gasteiger partial charge in [0.15, 0.2) is 0 Å². The summed E-state index contributed by atoms with van der Waals surface area (Å²) in [5, 5.41) is 15.9. The average molecular weight is 993 g/mol. The number of carbonyl (C=O) groups excluding carboxylic acids is 1. The number of halogens is 2. The molecule has 1 amide bonds. The van der Waals surface area contributed by atoms with E-state index in [1.54, 1.807) is 24.3 Å². The summed E-state index contributed by atoms with van der Waals surface area (Å²) in [4.78, 5) is 31.7. The van der Waals surface area contributed by atoms with E-state index in [0.29, 0.717) is 45.5 Å².